The van der Waals surface area contributed by atoms with Gasteiger partial charge in [-0.2, -0.15) is 0 Å². The van der Waals surface area contributed by atoms with E-state index in [1.165, 1.54) is 18.3 Å². The van der Waals surface area contributed by atoms with Crippen molar-refractivity contribution in [1.29, 1.82) is 0 Å². The van der Waals surface area contributed by atoms with E-state index in [4.69, 9.17) is 14.5 Å². The van der Waals surface area contributed by atoms with Crippen molar-refractivity contribution in [1.82, 2.24) is 19.4 Å². The van der Waals surface area contributed by atoms with Gasteiger partial charge in [0.1, 0.15) is 30.4 Å². The molecule has 4 aromatic rings. The number of fused-ring (bicyclic) bond motifs is 2. The Morgan fingerprint density at radius 3 is 2.54 bits per heavy atom. The van der Waals surface area contributed by atoms with Crippen LogP contribution in [0.15, 0.2) is 48.7 Å². The molecule has 0 saturated carbocycles. The minimum atomic E-state index is -4.70. The van der Waals surface area contributed by atoms with Gasteiger partial charge >= 0.3 is 18.2 Å². The number of nitro groups is 1. The Kier molecular flexibility index (Phi) is 7.30. The molecule has 0 aliphatic carbocycles. The molecular weight excluding hydrogens is 565 g/mol. The van der Waals surface area contributed by atoms with E-state index in [0.29, 0.717) is 25.3 Å². The maximum absolute atomic E-state index is 12.4. The minimum absolute atomic E-state index is 0.223. The van der Waals surface area contributed by atoms with Gasteiger partial charge in [0.25, 0.3) is 0 Å². The van der Waals surface area contributed by atoms with Gasteiger partial charge in [-0.15, -0.1) is 13.2 Å². The van der Waals surface area contributed by atoms with Crippen LogP contribution in [0.2, 0.25) is 0 Å². The van der Waals surface area contributed by atoms with Crippen molar-refractivity contribution in [2.24, 2.45) is 0 Å². The topological polar surface area (TPSA) is 108 Å². The molecule has 6 rings (SSSR count). The Morgan fingerprint density at radius 2 is 1.80 bits per heavy atom. The predicted molar refractivity (Wildman–Crippen MR) is 144 cm³/mol. The number of aromatic nitrogens is 3. The molecule has 216 valence electrons. The van der Waals surface area contributed by atoms with Crippen LogP contribution in [0.1, 0.15) is 12.0 Å². The molecule has 2 aliphatic heterocycles. The van der Waals surface area contributed by atoms with E-state index < -0.39 is 11.3 Å². The molecule has 41 heavy (non-hydrogen) atoms. The van der Waals surface area contributed by atoms with Crippen LogP contribution in [0, 0.1) is 10.1 Å². The lowest BCUT2D eigenvalue weighted by molar-refractivity contribution is -0.389. The number of ether oxygens (including phenoxy) is 3. The second-order valence-corrected chi connectivity index (χ2v) is 10.8. The Balaban J connectivity index is 1.01. The minimum Gasteiger partial charge on any atom is -0.490 e. The number of halogens is 3. The molecule has 1 fully saturated rings. The summed E-state index contributed by atoms with van der Waals surface area (Å²) >= 11 is 1.59. The standard InChI is InChI=1S/C26H25F3N6O5S/c27-26(28,29)40-18-3-1-17(2-4-18)14-32-9-11-33(12-10-32)25-30-21-6-5-19(13-22(21)41-25)38-16-20-7-8-34-15-23(35(36)37)31-24(34)39-20/h1-6,13,15,20H,7-12,14,16H2. The van der Waals surface area contributed by atoms with E-state index in [-0.39, 0.29) is 30.3 Å². The third-order valence-electron chi connectivity index (χ3n) is 6.87. The first-order valence-corrected chi connectivity index (χ1v) is 13.7. The maximum Gasteiger partial charge on any atom is 0.573 e. The summed E-state index contributed by atoms with van der Waals surface area (Å²) in [7, 11) is 0. The molecule has 4 heterocycles. The molecule has 2 aromatic carbocycles. The second kappa shape index (κ2) is 11.0. The number of alkyl halides is 3. The van der Waals surface area contributed by atoms with Crippen LogP contribution in [0.3, 0.4) is 0 Å². The van der Waals surface area contributed by atoms with E-state index in [2.05, 4.69) is 19.5 Å². The van der Waals surface area contributed by atoms with Crippen LogP contribution in [0.5, 0.6) is 17.5 Å². The Hall–Kier alpha value is -4.11. The van der Waals surface area contributed by atoms with Gasteiger partial charge < -0.3 is 29.2 Å². The number of hydrogen-bond donors (Lipinski definition) is 0. The van der Waals surface area contributed by atoms with Gasteiger partial charge in [0.2, 0.25) is 0 Å². The Labute approximate surface area is 235 Å². The average molecular weight is 591 g/mol. The zero-order valence-corrected chi connectivity index (χ0v) is 22.4. The van der Waals surface area contributed by atoms with Gasteiger partial charge in [0.05, 0.1) is 10.2 Å². The fourth-order valence-electron chi connectivity index (χ4n) is 4.80. The molecule has 0 radical (unpaired) electrons. The third-order valence-corrected chi connectivity index (χ3v) is 7.95. The van der Waals surface area contributed by atoms with Crippen molar-refractivity contribution in [3.05, 3.63) is 64.3 Å². The van der Waals surface area contributed by atoms with E-state index in [1.807, 2.05) is 18.2 Å². The normalized spacial score (nSPS) is 17.7. The van der Waals surface area contributed by atoms with Crippen LogP contribution in [0.25, 0.3) is 10.2 Å². The highest BCUT2D eigenvalue weighted by Crippen LogP contribution is 2.33. The number of rotatable bonds is 8. The summed E-state index contributed by atoms with van der Waals surface area (Å²) in [6, 6.07) is 12.0. The van der Waals surface area contributed by atoms with E-state index in [9.17, 15) is 23.3 Å². The highest BCUT2D eigenvalue weighted by Gasteiger charge is 2.31. The molecular formula is C26H25F3N6O5S. The number of aryl methyl sites for hydroxylation is 1. The van der Waals surface area contributed by atoms with Crippen molar-refractivity contribution in [2.45, 2.75) is 32.0 Å². The summed E-state index contributed by atoms with van der Waals surface area (Å²) < 4.78 is 55.5. The number of benzene rings is 2. The van der Waals surface area contributed by atoms with Gasteiger partial charge in [-0.3, -0.25) is 9.47 Å². The number of anilines is 1. The van der Waals surface area contributed by atoms with E-state index in [0.717, 1.165) is 47.1 Å². The first kappa shape index (κ1) is 27.1. The number of imidazole rings is 1. The lowest BCUT2D eigenvalue weighted by atomic mass is 10.2. The molecule has 0 bridgehead atoms. The van der Waals surface area contributed by atoms with Crippen molar-refractivity contribution in [2.75, 3.05) is 37.7 Å². The Bertz CT molecular complexity index is 1530. The molecule has 0 N–H and O–H groups in total. The van der Waals surface area contributed by atoms with Crippen LogP contribution >= 0.6 is 11.3 Å². The quantitative estimate of drug-likeness (QED) is 0.210. The fraction of sp³-hybridized carbons (Fsp3) is 0.385. The lowest BCUT2D eigenvalue weighted by Crippen LogP contribution is -2.45. The largest absolute Gasteiger partial charge is 0.573 e. The molecule has 2 aliphatic rings. The molecule has 0 amide bonds. The zero-order valence-electron chi connectivity index (χ0n) is 21.6. The molecule has 11 nitrogen and oxygen atoms in total. The molecule has 0 spiro atoms. The Morgan fingerprint density at radius 1 is 1.05 bits per heavy atom. The first-order valence-electron chi connectivity index (χ1n) is 12.9. The fourth-order valence-corrected chi connectivity index (χ4v) is 5.84. The van der Waals surface area contributed by atoms with Crippen molar-refractivity contribution < 1.29 is 32.3 Å². The summed E-state index contributed by atoms with van der Waals surface area (Å²) in [5.74, 6) is 0.231. The SMILES string of the molecule is O=[N+]([O-])c1cn2c(n1)OC(COc1ccc3nc(N4CCN(Cc5ccc(OC(F)(F)F)cc5)CC4)sc3c1)CC2. The van der Waals surface area contributed by atoms with Gasteiger partial charge in [0.15, 0.2) is 5.13 Å². The van der Waals surface area contributed by atoms with Gasteiger partial charge in [0, 0.05) is 50.7 Å². The molecule has 1 unspecified atom stereocenters. The van der Waals surface area contributed by atoms with Crippen molar-refractivity contribution in [3.63, 3.8) is 0 Å². The van der Waals surface area contributed by atoms with Crippen LogP contribution in [-0.2, 0) is 13.1 Å². The summed E-state index contributed by atoms with van der Waals surface area (Å²) in [6.45, 7) is 4.67. The van der Waals surface area contributed by atoms with Crippen molar-refractivity contribution in [3.8, 4) is 17.5 Å². The third kappa shape index (κ3) is 6.46. The number of thiazole rings is 1. The van der Waals surface area contributed by atoms with E-state index >= 15 is 0 Å². The predicted octanol–water partition coefficient (Wildman–Crippen LogP) is 4.85. The van der Waals surface area contributed by atoms with Gasteiger partial charge in [-0.05, 0) is 40.8 Å². The zero-order chi connectivity index (χ0) is 28.6. The van der Waals surface area contributed by atoms with Gasteiger partial charge in [-0.25, -0.2) is 4.98 Å². The summed E-state index contributed by atoms with van der Waals surface area (Å²) in [4.78, 5) is 23.6. The highest BCUT2D eigenvalue weighted by molar-refractivity contribution is 7.22. The highest BCUT2D eigenvalue weighted by atomic mass is 32.1. The number of hydrogen-bond acceptors (Lipinski definition) is 10. The van der Waals surface area contributed by atoms with Crippen LogP contribution in [0.4, 0.5) is 24.1 Å². The lowest BCUT2D eigenvalue weighted by Gasteiger charge is -2.34. The van der Waals surface area contributed by atoms with E-state index in [1.54, 1.807) is 28.0 Å². The molecule has 1 atom stereocenters. The number of nitrogens with zero attached hydrogens (tertiary/aromatic N) is 6. The monoisotopic (exact) mass is 590 g/mol. The van der Waals surface area contributed by atoms with Crippen LogP contribution < -0.4 is 19.1 Å². The second-order valence-electron chi connectivity index (χ2n) is 9.75. The smallest absolute Gasteiger partial charge is 0.490 e. The molecule has 1 saturated heterocycles. The summed E-state index contributed by atoms with van der Waals surface area (Å²) in [5.41, 5.74) is 1.80. The van der Waals surface area contributed by atoms with Gasteiger partial charge in [-0.1, -0.05) is 23.5 Å². The van der Waals surface area contributed by atoms with Crippen LogP contribution in [-0.4, -0.2) is 69.6 Å². The summed E-state index contributed by atoms with van der Waals surface area (Å²) in [6.07, 6.45) is -2.94. The number of piperazine rings is 1. The molecule has 2 aromatic heterocycles. The maximum atomic E-state index is 12.4. The average Bonchev–Trinajstić information content (AvgIpc) is 3.56. The summed E-state index contributed by atoms with van der Waals surface area (Å²) in [5, 5.41) is 11.9. The molecule has 15 heteroatoms. The first-order chi connectivity index (χ1) is 19.7. The van der Waals surface area contributed by atoms with Crippen molar-refractivity contribution >= 4 is 32.5 Å².